The Morgan fingerprint density at radius 2 is 2.05 bits per heavy atom. The quantitative estimate of drug-likeness (QED) is 0.812. The Kier molecular flexibility index (Phi) is 6.10. The number of hydrogen-bond donors (Lipinski definition) is 1. The topological polar surface area (TPSA) is 47.6 Å². The predicted molar refractivity (Wildman–Crippen MR) is 88.6 cm³/mol. The first-order valence-electron chi connectivity index (χ1n) is 8.29. The van der Waals surface area contributed by atoms with Crippen LogP contribution >= 0.6 is 0 Å². The first-order valence-corrected chi connectivity index (χ1v) is 8.29. The average molecular weight is 305 g/mol. The lowest BCUT2D eigenvalue weighted by atomic mass is 10.1. The Labute approximate surface area is 133 Å². The van der Waals surface area contributed by atoms with E-state index in [1.165, 1.54) is 12.8 Å². The van der Waals surface area contributed by atoms with E-state index in [-0.39, 0.29) is 17.9 Å². The number of nitrogens with one attached hydrogen (secondary N) is 1. The molecule has 4 heteroatoms. The van der Waals surface area contributed by atoms with E-state index in [0.717, 1.165) is 37.1 Å². The molecule has 1 aliphatic rings. The van der Waals surface area contributed by atoms with E-state index in [0.29, 0.717) is 5.75 Å². The standard InChI is InChI=1S/C18H27NO3/c1-4-7-13(2)18(20)19-14-10-11-16(21-3)17(12-14)22-15-8-5-6-9-15/h10-13,15H,4-9H2,1-3H3,(H,19,20). The van der Waals surface area contributed by atoms with Gasteiger partial charge in [0.15, 0.2) is 11.5 Å². The summed E-state index contributed by atoms with van der Waals surface area (Å²) in [7, 11) is 1.64. The van der Waals surface area contributed by atoms with Crippen molar-refractivity contribution in [1.29, 1.82) is 0 Å². The van der Waals surface area contributed by atoms with Gasteiger partial charge in [-0.3, -0.25) is 4.79 Å². The van der Waals surface area contributed by atoms with Crippen LogP contribution in [0.2, 0.25) is 0 Å². The monoisotopic (exact) mass is 305 g/mol. The molecule has 1 fully saturated rings. The lowest BCUT2D eigenvalue weighted by Crippen LogP contribution is -2.20. The predicted octanol–water partition coefficient (Wildman–Crippen LogP) is 4.39. The second-order valence-electron chi connectivity index (χ2n) is 6.07. The highest BCUT2D eigenvalue weighted by molar-refractivity contribution is 5.92. The second kappa shape index (κ2) is 8.06. The third-order valence-electron chi connectivity index (χ3n) is 4.20. The first kappa shape index (κ1) is 16.7. The number of methoxy groups -OCH3 is 1. The van der Waals surface area contributed by atoms with Crippen LogP contribution in [-0.2, 0) is 4.79 Å². The molecule has 4 nitrogen and oxygen atoms in total. The van der Waals surface area contributed by atoms with Crippen molar-refractivity contribution in [1.82, 2.24) is 0 Å². The van der Waals surface area contributed by atoms with Gasteiger partial charge in [0.25, 0.3) is 0 Å². The number of benzene rings is 1. The van der Waals surface area contributed by atoms with Crippen molar-refractivity contribution in [3.8, 4) is 11.5 Å². The van der Waals surface area contributed by atoms with Gasteiger partial charge in [0.05, 0.1) is 13.2 Å². The van der Waals surface area contributed by atoms with Gasteiger partial charge in [-0.25, -0.2) is 0 Å². The van der Waals surface area contributed by atoms with E-state index < -0.39 is 0 Å². The number of carbonyl (C=O) groups is 1. The van der Waals surface area contributed by atoms with Crippen LogP contribution in [0, 0.1) is 5.92 Å². The Morgan fingerprint density at radius 1 is 1.32 bits per heavy atom. The molecular weight excluding hydrogens is 278 g/mol. The Morgan fingerprint density at radius 3 is 2.68 bits per heavy atom. The number of anilines is 1. The molecule has 1 aliphatic carbocycles. The van der Waals surface area contributed by atoms with Crippen LogP contribution in [0.15, 0.2) is 18.2 Å². The van der Waals surface area contributed by atoms with Crippen molar-refractivity contribution in [2.45, 2.75) is 58.5 Å². The summed E-state index contributed by atoms with van der Waals surface area (Å²) in [4.78, 5) is 12.1. The van der Waals surface area contributed by atoms with Crippen molar-refractivity contribution in [3.63, 3.8) is 0 Å². The van der Waals surface area contributed by atoms with Crippen molar-refractivity contribution >= 4 is 11.6 Å². The van der Waals surface area contributed by atoms with Gasteiger partial charge in [0, 0.05) is 17.7 Å². The number of carbonyl (C=O) groups excluding carboxylic acids is 1. The molecule has 0 saturated heterocycles. The maximum absolute atomic E-state index is 12.1. The number of amides is 1. The molecular formula is C18H27NO3. The molecule has 0 aromatic heterocycles. The van der Waals surface area contributed by atoms with E-state index in [1.54, 1.807) is 7.11 Å². The molecule has 2 rings (SSSR count). The largest absolute Gasteiger partial charge is 0.493 e. The molecule has 1 atom stereocenters. The minimum atomic E-state index is 0.0197. The SMILES string of the molecule is CCCC(C)C(=O)Nc1ccc(OC)c(OC2CCCC2)c1. The molecule has 1 saturated carbocycles. The van der Waals surface area contributed by atoms with E-state index in [1.807, 2.05) is 25.1 Å². The maximum atomic E-state index is 12.1. The zero-order valence-electron chi connectivity index (χ0n) is 13.9. The highest BCUT2D eigenvalue weighted by atomic mass is 16.5. The molecule has 0 heterocycles. The molecule has 0 spiro atoms. The Hall–Kier alpha value is -1.71. The molecule has 22 heavy (non-hydrogen) atoms. The van der Waals surface area contributed by atoms with Crippen LogP contribution in [0.1, 0.15) is 52.4 Å². The van der Waals surface area contributed by atoms with Crippen LogP contribution < -0.4 is 14.8 Å². The van der Waals surface area contributed by atoms with Gasteiger partial charge >= 0.3 is 0 Å². The van der Waals surface area contributed by atoms with Crippen LogP contribution in [0.5, 0.6) is 11.5 Å². The van der Waals surface area contributed by atoms with Gasteiger partial charge in [-0.15, -0.1) is 0 Å². The summed E-state index contributed by atoms with van der Waals surface area (Å²) >= 11 is 0. The highest BCUT2D eigenvalue weighted by Gasteiger charge is 2.19. The smallest absolute Gasteiger partial charge is 0.227 e. The van der Waals surface area contributed by atoms with Crippen molar-refractivity contribution in [3.05, 3.63) is 18.2 Å². The van der Waals surface area contributed by atoms with Gasteiger partial charge in [0.1, 0.15) is 0 Å². The number of hydrogen-bond acceptors (Lipinski definition) is 3. The van der Waals surface area contributed by atoms with Gasteiger partial charge < -0.3 is 14.8 Å². The van der Waals surface area contributed by atoms with E-state index in [9.17, 15) is 4.79 Å². The van der Waals surface area contributed by atoms with Crippen LogP contribution in [-0.4, -0.2) is 19.1 Å². The normalized spacial score (nSPS) is 16.3. The van der Waals surface area contributed by atoms with Gasteiger partial charge in [-0.2, -0.15) is 0 Å². The molecule has 0 radical (unpaired) electrons. The summed E-state index contributed by atoms with van der Waals surface area (Å²) in [5, 5.41) is 2.97. The fourth-order valence-electron chi connectivity index (χ4n) is 2.86. The summed E-state index contributed by atoms with van der Waals surface area (Å²) in [5.41, 5.74) is 0.766. The van der Waals surface area contributed by atoms with E-state index in [4.69, 9.17) is 9.47 Å². The molecule has 0 bridgehead atoms. The zero-order valence-corrected chi connectivity index (χ0v) is 13.9. The van der Waals surface area contributed by atoms with E-state index >= 15 is 0 Å². The summed E-state index contributed by atoms with van der Waals surface area (Å²) in [5.74, 6) is 1.51. The van der Waals surface area contributed by atoms with Crippen LogP contribution in [0.3, 0.4) is 0 Å². The lowest BCUT2D eigenvalue weighted by Gasteiger charge is -2.17. The van der Waals surface area contributed by atoms with Crippen molar-refractivity contribution in [2.75, 3.05) is 12.4 Å². The fraction of sp³-hybridized carbons (Fsp3) is 0.611. The van der Waals surface area contributed by atoms with E-state index in [2.05, 4.69) is 12.2 Å². The molecule has 1 aromatic rings. The number of ether oxygens (including phenoxy) is 2. The summed E-state index contributed by atoms with van der Waals surface area (Å²) in [6, 6.07) is 5.58. The highest BCUT2D eigenvalue weighted by Crippen LogP contribution is 2.34. The van der Waals surface area contributed by atoms with Gasteiger partial charge in [-0.05, 0) is 44.2 Å². The van der Waals surface area contributed by atoms with Crippen LogP contribution in [0.25, 0.3) is 0 Å². The number of rotatable bonds is 7. The molecule has 1 unspecified atom stereocenters. The first-order chi connectivity index (χ1) is 10.6. The summed E-state index contributed by atoms with van der Waals surface area (Å²) < 4.78 is 11.4. The lowest BCUT2D eigenvalue weighted by molar-refractivity contribution is -0.119. The Balaban J connectivity index is 2.07. The minimum Gasteiger partial charge on any atom is -0.493 e. The van der Waals surface area contributed by atoms with Gasteiger partial charge in [-0.1, -0.05) is 20.3 Å². The third-order valence-corrected chi connectivity index (χ3v) is 4.20. The fourth-order valence-corrected chi connectivity index (χ4v) is 2.86. The molecule has 122 valence electrons. The zero-order chi connectivity index (χ0) is 15.9. The Bertz CT molecular complexity index is 495. The second-order valence-corrected chi connectivity index (χ2v) is 6.07. The van der Waals surface area contributed by atoms with Gasteiger partial charge in [0.2, 0.25) is 5.91 Å². The maximum Gasteiger partial charge on any atom is 0.227 e. The molecule has 1 aromatic carbocycles. The minimum absolute atomic E-state index is 0.0197. The summed E-state index contributed by atoms with van der Waals surface area (Å²) in [6.45, 7) is 4.04. The van der Waals surface area contributed by atoms with Crippen LogP contribution in [0.4, 0.5) is 5.69 Å². The summed E-state index contributed by atoms with van der Waals surface area (Å²) in [6.07, 6.45) is 6.79. The average Bonchev–Trinajstić information content (AvgIpc) is 3.01. The third kappa shape index (κ3) is 4.39. The molecule has 1 amide bonds. The molecule has 0 aliphatic heterocycles. The molecule has 1 N–H and O–H groups in total. The van der Waals surface area contributed by atoms with Crippen molar-refractivity contribution in [2.24, 2.45) is 5.92 Å². The van der Waals surface area contributed by atoms with Crippen molar-refractivity contribution < 1.29 is 14.3 Å².